The van der Waals surface area contributed by atoms with Gasteiger partial charge in [0.2, 0.25) is 0 Å². The van der Waals surface area contributed by atoms with E-state index in [0.29, 0.717) is 11.1 Å². The number of sulfonamides is 1. The fourth-order valence-electron chi connectivity index (χ4n) is 2.67. The predicted molar refractivity (Wildman–Crippen MR) is 121 cm³/mol. The van der Waals surface area contributed by atoms with E-state index in [1.807, 2.05) is 6.92 Å². The molecule has 1 N–H and O–H groups in total. The summed E-state index contributed by atoms with van der Waals surface area (Å²) in [5.41, 5.74) is 1.37. The number of aryl methyl sites for hydroxylation is 2. The lowest BCUT2D eigenvalue weighted by Crippen LogP contribution is -2.18. The van der Waals surface area contributed by atoms with Crippen LogP contribution >= 0.6 is 0 Å². The van der Waals surface area contributed by atoms with E-state index >= 15 is 0 Å². The molecule has 0 aromatic heterocycles. The summed E-state index contributed by atoms with van der Waals surface area (Å²) >= 11 is 0. The van der Waals surface area contributed by atoms with Crippen LogP contribution in [0.2, 0.25) is 0 Å². The van der Waals surface area contributed by atoms with Gasteiger partial charge >= 0.3 is 10.1 Å². The Morgan fingerprint density at radius 3 is 2.12 bits per heavy atom. The number of hydrazone groups is 1. The molecule has 0 saturated carbocycles. The quantitative estimate of drug-likeness (QED) is 0.221. The molecular formula is C21H19N3O7S2. The zero-order valence-corrected chi connectivity index (χ0v) is 19.1. The third-order valence-corrected chi connectivity index (χ3v) is 6.95. The van der Waals surface area contributed by atoms with E-state index in [1.165, 1.54) is 61.7 Å². The van der Waals surface area contributed by atoms with Crippen molar-refractivity contribution in [1.29, 1.82) is 0 Å². The Kier molecular flexibility index (Phi) is 6.79. The Balaban J connectivity index is 1.69. The molecule has 0 heterocycles. The maximum Gasteiger partial charge on any atom is 0.339 e. The molecule has 0 atom stereocenters. The van der Waals surface area contributed by atoms with Crippen molar-refractivity contribution in [1.82, 2.24) is 4.83 Å². The summed E-state index contributed by atoms with van der Waals surface area (Å²) in [6.45, 7) is 3.34. The van der Waals surface area contributed by atoms with Gasteiger partial charge in [-0.2, -0.15) is 21.9 Å². The number of benzene rings is 3. The molecule has 0 aliphatic heterocycles. The van der Waals surface area contributed by atoms with Crippen LogP contribution in [0.5, 0.6) is 5.75 Å². The maximum absolute atomic E-state index is 12.5. The summed E-state index contributed by atoms with van der Waals surface area (Å²) in [6.07, 6.45) is 1.24. The topological polar surface area (TPSA) is 145 Å². The number of nitro groups is 1. The van der Waals surface area contributed by atoms with E-state index in [1.54, 1.807) is 12.1 Å². The SMILES string of the molecule is Cc1ccc(S(=O)(=O)N/N=C/c2ccc(OS(=O)(=O)c3ccc(C)c([N+](=O)[O-])c3)cc2)cc1. The summed E-state index contributed by atoms with van der Waals surface area (Å²) in [5, 5.41) is 14.8. The van der Waals surface area contributed by atoms with E-state index in [2.05, 4.69) is 9.93 Å². The van der Waals surface area contributed by atoms with E-state index in [-0.39, 0.29) is 21.2 Å². The largest absolute Gasteiger partial charge is 0.379 e. The van der Waals surface area contributed by atoms with Gasteiger partial charge in [0, 0.05) is 11.6 Å². The number of nitrogens with zero attached hydrogens (tertiary/aromatic N) is 2. The van der Waals surface area contributed by atoms with Gasteiger partial charge in [-0.1, -0.05) is 23.8 Å². The lowest BCUT2D eigenvalue weighted by atomic mass is 10.2. The van der Waals surface area contributed by atoms with Crippen molar-refractivity contribution in [3.05, 3.63) is 93.5 Å². The van der Waals surface area contributed by atoms with Crippen molar-refractivity contribution in [3.8, 4) is 5.75 Å². The molecule has 0 fully saturated rings. The van der Waals surface area contributed by atoms with Crippen molar-refractivity contribution in [2.45, 2.75) is 23.6 Å². The Labute approximate surface area is 190 Å². The van der Waals surface area contributed by atoms with E-state index < -0.39 is 25.1 Å². The molecule has 0 saturated heterocycles. The van der Waals surface area contributed by atoms with Crippen molar-refractivity contribution in [2.75, 3.05) is 0 Å². The minimum Gasteiger partial charge on any atom is -0.379 e. The number of rotatable bonds is 8. The van der Waals surface area contributed by atoms with Gasteiger partial charge < -0.3 is 4.18 Å². The Morgan fingerprint density at radius 1 is 0.909 bits per heavy atom. The van der Waals surface area contributed by atoms with Crippen LogP contribution in [0.15, 0.2) is 81.6 Å². The van der Waals surface area contributed by atoms with Gasteiger partial charge in [0.1, 0.15) is 10.6 Å². The van der Waals surface area contributed by atoms with Gasteiger partial charge in [0.05, 0.1) is 16.0 Å². The van der Waals surface area contributed by atoms with Gasteiger partial charge in [-0.05, 0) is 61.9 Å². The molecule has 0 aliphatic carbocycles. The Hall–Kier alpha value is -3.77. The van der Waals surface area contributed by atoms with Crippen LogP contribution in [-0.2, 0) is 20.1 Å². The number of nitrogens with one attached hydrogen (secondary N) is 1. The Bertz CT molecular complexity index is 1420. The maximum atomic E-state index is 12.5. The molecule has 0 radical (unpaired) electrons. The molecule has 172 valence electrons. The molecule has 33 heavy (non-hydrogen) atoms. The predicted octanol–water partition coefficient (Wildman–Crippen LogP) is 3.29. The van der Waals surface area contributed by atoms with E-state index in [4.69, 9.17) is 4.18 Å². The summed E-state index contributed by atoms with van der Waals surface area (Å²) in [7, 11) is -8.12. The summed E-state index contributed by atoms with van der Waals surface area (Å²) in [4.78, 5) is 12.2. The molecule has 0 bridgehead atoms. The normalized spacial score (nSPS) is 11.9. The van der Waals surface area contributed by atoms with Crippen molar-refractivity contribution in [3.63, 3.8) is 0 Å². The van der Waals surface area contributed by atoms with Crippen molar-refractivity contribution >= 4 is 32.0 Å². The number of hydrogen-bond donors (Lipinski definition) is 1. The third kappa shape index (κ3) is 5.93. The average molecular weight is 490 g/mol. The first-order valence-electron chi connectivity index (χ1n) is 9.39. The molecule has 3 rings (SSSR count). The lowest BCUT2D eigenvalue weighted by molar-refractivity contribution is -0.385. The second-order valence-corrected chi connectivity index (χ2v) is 10.2. The van der Waals surface area contributed by atoms with E-state index in [9.17, 15) is 26.9 Å². The molecule has 10 nitrogen and oxygen atoms in total. The highest BCUT2D eigenvalue weighted by Crippen LogP contribution is 2.25. The minimum absolute atomic E-state index is 0.0318. The number of nitro benzene ring substituents is 1. The highest BCUT2D eigenvalue weighted by Gasteiger charge is 2.21. The van der Waals surface area contributed by atoms with Gasteiger partial charge in [0.25, 0.3) is 15.7 Å². The minimum atomic E-state index is -4.30. The second-order valence-electron chi connectivity index (χ2n) is 6.98. The Morgan fingerprint density at radius 2 is 1.52 bits per heavy atom. The zero-order chi connectivity index (χ0) is 24.2. The second kappa shape index (κ2) is 9.38. The highest BCUT2D eigenvalue weighted by molar-refractivity contribution is 7.89. The number of hydrogen-bond acceptors (Lipinski definition) is 8. The van der Waals surface area contributed by atoms with Gasteiger partial charge in [-0.3, -0.25) is 10.1 Å². The molecule has 0 amide bonds. The highest BCUT2D eigenvalue weighted by atomic mass is 32.2. The molecule has 12 heteroatoms. The van der Waals surface area contributed by atoms with Crippen LogP contribution in [0.4, 0.5) is 5.69 Å². The smallest absolute Gasteiger partial charge is 0.339 e. The van der Waals surface area contributed by atoms with Crippen LogP contribution in [0.3, 0.4) is 0 Å². The summed E-state index contributed by atoms with van der Waals surface area (Å²) < 4.78 is 54.4. The monoisotopic (exact) mass is 489 g/mol. The molecule has 0 unspecified atom stereocenters. The van der Waals surface area contributed by atoms with Crippen LogP contribution in [0.1, 0.15) is 16.7 Å². The molecular weight excluding hydrogens is 470 g/mol. The first-order valence-corrected chi connectivity index (χ1v) is 12.3. The molecule has 0 aliphatic rings. The van der Waals surface area contributed by atoms with Gasteiger partial charge in [-0.15, -0.1) is 0 Å². The van der Waals surface area contributed by atoms with Gasteiger partial charge in [0.15, 0.2) is 0 Å². The van der Waals surface area contributed by atoms with E-state index in [0.717, 1.165) is 11.6 Å². The lowest BCUT2D eigenvalue weighted by Gasteiger charge is -2.08. The molecule has 3 aromatic carbocycles. The first kappa shape index (κ1) is 23.9. The van der Waals surface area contributed by atoms with Crippen molar-refractivity contribution in [2.24, 2.45) is 5.10 Å². The average Bonchev–Trinajstić information content (AvgIpc) is 2.75. The first-order chi connectivity index (χ1) is 15.5. The summed E-state index contributed by atoms with van der Waals surface area (Å²) in [6, 6.07) is 15.4. The van der Waals surface area contributed by atoms with Crippen LogP contribution in [0, 0.1) is 24.0 Å². The van der Waals surface area contributed by atoms with Crippen LogP contribution in [-0.4, -0.2) is 28.0 Å². The fourth-order valence-corrected chi connectivity index (χ4v) is 4.41. The fraction of sp³-hybridized carbons (Fsp3) is 0.0952. The van der Waals surface area contributed by atoms with Crippen molar-refractivity contribution < 1.29 is 25.9 Å². The molecule has 3 aromatic rings. The third-order valence-electron chi connectivity index (χ3n) is 4.47. The van der Waals surface area contributed by atoms with Gasteiger partial charge in [-0.25, -0.2) is 4.83 Å². The van der Waals surface area contributed by atoms with Crippen LogP contribution < -0.4 is 9.01 Å². The zero-order valence-electron chi connectivity index (χ0n) is 17.5. The standard InChI is InChI=1S/C21H19N3O7S2/c1-15-3-10-19(11-4-15)32(27,28)23-22-14-17-6-8-18(9-7-17)31-33(29,30)20-12-5-16(2)21(13-20)24(25)26/h3-14,23H,1-2H3/b22-14+. The molecule has 0 spiro atoms. The van der Waals surface area contributed by atoms with Crippen LogP contribution in [0.25, 0.3) is 0 Å². The summed E-state index contributed by atoms with van der Waals surface area (Å²) in [5.74, 6) is -0.0318.